The second-order valence-corrected chi connectivity index (χ2v) is 13.3. The summed E-state index contributed by atoms with van der Waals surface area (Å²) in [5, 5.41) is 0. The summed E-state index contributed by atoms with van der Waals surface area (Å²) < 4.78 is 3.47. The van der Waals surface area contributed by atoms with Gasteiger partial charge in [-0.3, -0.25) is 0 Å². The Morgan fingerprint density at radius 3 is 1.00 bits per heavy atom. The molecule has 0 aliphatic rings. The second kappa shape index (κ2) is 28.2. The van der Waals surface area contributed by atoms with Crippen LogP contribution in [-0.4, -0.2) is 94.5 Å². The summed E-state index contributed by atoms with van der Waals surface area (Å²) in [6, 6.07) is 0. The predicted molar refractivity (Wildman–Crippen MR) is 160 cm³/mol. The first-order chi connectivity index (χ1) is 16.6. The molecule has 0 amide bonds. The molecule has 0 N–H and O–H groups in total. The van der Waals surface area contributed by atoms with Crippen molar-refractivity contribution in [1.29, 1.82) is 0 Å². The molecule has 0 rings (SSSR count). The van der Waals surface area contributed by atoms with Gasteiger partial charge in [0.2, 0.25) is 0 Å². The van der Waals surface area contributed by atoms with Gasteiger partial charge in [-0.15, -0.1) is 0 Å². The lowest BCUT2D eigenvalue weighted by Crippen LogP contribution is -3.00. The summed E-state index contributed by atoms with van der Waals surface area (Å²) in [5.41, 5.74) is 0. The maximum Gasteiger partial charge on any atom is 0.129 e. The van der Waals surface area contributed by atoms with Crippen LogP contribution < -0.4 is 50.9 Å². The molecular formula is C32H70Br3N3. The summed E-state index contributed by atoms with van der Waals surface area (Å²) in [7, 11) is 12.3. The van der Waals surface area contributed by atoms with E-state index in [1.165, 1.54) is 142 Å². The normalized spacial score (nSPS) is 11.9. The minimum atomic E-state index is 0. The highest BCUT2D eigenvalue weighted by Gasteiger charge is 2.28. The first-order valence-corrected chi connectivity index (χ1v) is 15.7. The molecule has 0 fully saturated rings. The highest BCUT2D eigenvalue weighted by Crippen LogP contribution is 2.14. The van der Waals surface area contributed by atoms with Crippen LogP contribution in [0.1, 0.15) is 117 Å². The van der Waals surface area contributed by atoms with Crippen LogP contribution in [0.5, 0.6) is 0 Å². The maximum absolute atomic E-state index is 4.10. The van der Waals surface area contributed by atoms with Crippen molar-refractivity contribution in [2.75, 3.05) is 81.1 Å². The van der Waals surface area contributed by atoms with Crippen molar-refractivity contribution in [3.8, 4) is 0 Å². The molecule has 0 spiro atoms. The SMILES string of the molecule is C=CC[N+](C)(CC[N+](C)(C)CCCCCCCCCC)CC[N+](C)(C)CCCCCCCCCC.[Br-].[Br-].[Br-]. The molecule has 0 saturated carbocycles. The Kier molecular flexibility index (Phi) is 34.2. The van der Waals surface area contributed by atoms with Crippen molar-refractivity contribution >= 4 is 0 Å². The lowest BCUT2D eigenvalue weighted by molar-refractivity contribution is -0.974. The van der Waals surface area contributed by atoms with E-state index in [4.69, 9.17) is 0 Å². The van der Waals surface area contributed by atoms with Crippen LogP contribution >= 0.6 is 0 Å². The zero-order valence-electron chi connectivity index (χ0n) is 27.0. The van der Waals surface area contributed by atoms with Crippen LogP contribution in [-0.2, 0) is 0 Å². The third kappa shape index (κ3) is 28.6. The van der Waals surface area contributed by atoms with E-state index in [-0.39, 0.29) is 50.9 Å². The van der Waals surface area contributed by atoms with Crippen LogP contribution in [0, 0.1) is 0 Å². The number of unbranched alkanes of at least 4 members (excludes halogenated alkanes) is 14. The molecule has 38 heavy (non-hydrogen) atoms. The van der Waals surface area contributed by atoms with Gasteiger partial charge in [0, 0.05) is 0 Å². The number of hydrogen-bond donors (Lipinski definition) is 0. The third-order valence-electron chi connectivity index (χ3n) is 8.29. The number of halogens is 3. The number of nitrogens with zero attached hydrogens (tertiary/aromatic N) is 3. The molecule has 0 bridgehead atoms. The van der Waals surface area contributed by atoms with Gasteiger partial charge in [0.15, 0.2) is 0 Å². The average Bonchev–Trinajstić information content (AvgIpc) is 2.80. The molecule has 6 heteroatoms. The largest absolute Gasteiger partial charge is 1.00 e. The van der Waals surface area contributed by atoms with Gasteiger partial charge in [0.25, 0.3) is 0 Å². The molecule has 0 atom stereocenters. The van der Waals surface area contributed by atoms with Crippen molar-refractivity contribution in [3.63, 3.8) is 0 Å². The summed E-state index contributed by atoms with van der Waals surface area (Å²) in [6.07, 6.45) is 24.8. The highest BCUT2D eigenvalue weighted by atomic mass is 79.9. The Morgan fingerprint density at radius 1 is 0.421 bits per heavy atom. The van der Waals surface area contributed by atoms with E-state index in [1.807, 2.05) is 0 Å². The monoisotopic (exact) mass is 733 g/mol. The first-order valence-electron chi connectivity index (χ1n) is 15.7. The van der Waals surface area contributed by atoms with Gasteiger partial charge in [-0.25, -0.2) is 0 Å². The van der Waals surface area contributed by atoms with E-state index >= 15 is 0 Å². The Labute approximate surface area is 273 Å². The summed E-state index contributed by atoms with van der Waals surface area (Å²) in [6.45, 7) is 17.5. The van der Waals surface area contributed by atoms with Crippen LogP contribution in [0.15, 0.2) is 12.7 Å². The highest BCUT2D eigenvalue weighted by molar-refractivity contribution is 4.65. The quantitative estimate of drug-likeness (QED) is 0.0613. The van der Waals surface area contributed by atoms with Crippen molar-refractivity contribution in [2.45, 2.75) is 117 Å². The molecule has 0 radical (unpaired) electrons. The smallest absolute Gasteiger partial charge is 0.129 e. The second-order valence-electron chi connectivity index (χ2n) is 13.3. The van der Waals surface area contributed by atoms with E-state index in [2.05, 4.69) is 61.7 Å². The van der Waals surface area contributed by atoms with E-state index in [0.717, 1.165) is 20.0 Å². The van der Waals surface area contributed by atoms with Crippen LogP contribution in [0.25, 0.3) is 0 Å². The number of quaternary nitrogens is 3. The predicted octanol–water partition coefficient (Wildman–Crippen LogP) is -0.935. The topological polar surface area (TPSA) is 0 Å². The fraction of sp³-hybridized carbons (Fsp3) is 0.938. The van der Waals surface area contributed by atoms with E-state index in [9.17, 15) is 0 Å². The third-order valence-corrected chi connectivity index (χ3v) is 8.29. The van der Waals surface area contributed by atoms with E-state index in [1.54, 1.807) is 0 Å². The standard InChI is InChI=1S/C32H70N3.3BrH/c1-9-12-14-16-18-20-22-24-27-33(4,5)29-31-35(8,26-11-3)32-30-34(6,7)28-25-23-21-19-17-15-13-10-2;;;/h11H,3,9-10,12-32H2,1-2,4-8H3;3*1H/q+3;;;/p-3. The zero-order valence-corrected chi connectivity index (χ0v) is 31.8. The van der Waals surface area contributed by atoms with Crippen LogP contribution in [0.2, 0.25) is 0 Å². The molecule has 3 nitrogen and oxygen atoms in total. The Morgan fingerprint density at radius 2 is 0.711 bits per heavy atom. The molecule has 0 aliphatic carbocycles. The fourth-order valence-electron chi connectivity index (χ4n) is 5.20. The molecule has 0 aromatic carbocycles. The molecule has 0 aromatic rings. The Balaban J connectivity index is -0.00000193. The Bertz CT molecular complexity index is 462. The molecule has 0 unspecified atom stereocenters. The van der Waals surface area contributed by atoms with Crippen molar-refractivity contribution in [3.05, 3.63) is 12.7 Å². The average molecular weight is 737 g/mol. The van der Waals surface area contributed by atoms with Crippen LogP contribution in [0.4, 0.5) is 0 Å². The van der Waals surface area contributed by atoms with Crippen molar-refractivity contribution < 1.29 is 64.4 Å². The number of rotatable bonds is 26. The summed E-state index contributed by atoms with van der Waals surface area (Å²) >= 11 is 0. The molecule has 234 valence electrons. The minimum absolute atomic E-state index is 0. The zero-order chi connectivity index (χ0) is 26.5. The number of likely N-dealkylation sites (N-methyl/N-ethyl adjacent to an activating group) is 3. The van der Waals surface area contributed by atoms with Gasteiger partial charge in [-0.05, 0) is 31.8 Å². The minimum Gasteiger partial charge on any atom is -1.00 e. The van der Waals surface area contributed by atoms with Gasteiger partial charge in [0.05, 0.1) is 54.9 Å². The van der Waals surface area contributed by atoms with Crippen molar-refractivity contribution in [1.82, 2.24) is 0 Å². The van der Waals surface area contributed by atoms with Gasteiger partial charge < -0.3 is 64.4 Å². The summed E-state index contributed by atoms with van der Waals surface area (Å²) in [4.78, 5) is 0. The van der Waals surface area contributed by atoms with Crippen LogP contribution in [0.3, 0.4) is 0 Å². The van der Waals surface area contributed by atoms with Gasteiger partial charge in [-0.1, -0.05) is 97.5 Å². The van der Waals surface area contributed by atoms with Gasteiger partial charge in [-0.2, -0.15) is 0 Å². The molecular weight excluding hydrogens is 666 g/mol. The van der Waals surface area contributed by atoms with Gasteiger partial charge in [0.1, 0.15) is 26.2 Å². The lowest BCUT2D eigenvalue weighted by atomic mass is 10.1. The Hall–Kier alpha value is 1.06. The van der Waals surface area contributed by atoms with E-state index < -0.39 is 0 Å². The lowest BCUT2D eigenvalue weighted by Gasteiger charge is -2.40. The molecule has 0 heterocycles. The molecule has 0 aliphatic heterocycles. The molecule has 0 saturated heterocycles. The summed E-state index contributed by atoms with van der Waals surface area (Å²) in [5.74, 6) is 0. The first kappa shape index (κ1) is 46.0. The maximum atomic E-state index is 4.10. The van der Waals surface area contributed by atoms with Crippen molar-refractivity contribution in [2.24, 2.45) is 0 Å². The number of hydrogen-bond acceptors (Lipinski definition) is 0. The molecule has 0 aromatic heterocycles. The van der Waals surface area contributed by atoms with E-state index in [0.29, 0.717) is 0 Å². The fourth-order valence-corrected chi connectivity index (χ4v) is 5.20. The van der Waals surface area contributed by atoms with Gasteiger partial charge >= 0.3 is 0 Å².